The number of hydrogen-bond acceptors (Lipinski definition) is 5. The highest BCUT2D eigenvalue weighted by Crippen LogP contribution is 2.36. The molecule has 2 unspecified atom stereocenters. The number of hydrogen-bond donors (Lipinski definition) is 0. The molecular formula is C17H20FN5. The molecule has 2 saturated heterocycles. The summed E-state index contributed by atoms with van der Waals surface area (Å²) < 4.78 is 13.1. The van der Waals surface area contributed by atoms with Crippen molar-refractivity contribution in [3.05, 3.63) is 41.7 Å². The van der Waals surface area contributed by atoms with E-state index in [1.165, 1.54) is 12.3 Å². The van der Waals surface area contributed by atoms with Crippen molar-refractivity contribution in [2.45, 2.75) is 26.3 Å². The van der Waals surface area contributed by atoms with E-state index < -0.39 is 0 Å². The molecular weight excluding hydrogens is 293 g/mol. The van der Waals surface area contributed by atoms with Gasteiger partial charge in [0.25, 0.3) is 0 Å². The Kier molecular flexibility index (Phi) is 3.39. The number of rotatable bonds is 2. The summed E-state index contributed by atoms with van der Waals surface area (Å²) in [4.78, 5) is 17.7. The average molecular weight is 313 g/mol. The minimum atomic E-state index is -0.290. The van der Waals surface area contributed by atoms with Gasteiger partial charge in [-0.15, -0.1) is 0 Å². The maximum Gasteiger partial charge on any atom is 0.141 e. The van der Waals surface area contributed by atoms with Gasteiger partial charge in [0.15, 0.2) is 0 Å². The molecule has 2 atom stereocenters. The maximum atomic E-state index is 13.1. The molecule has 120 valence electrons. The van der Waals surface area contributed by atoms with Crippen LogP contribution in [0.3, 0.4) is 0 Å². The van der Waals surface area contributed by atoms with Crippen LogP contribution in [-0.4, -0.2) is 40.6 Å². The second-order valence-corrected chi connectivity index (χ2v) is 6.46. The first-order valence-corrected chi connectivity index (χ1v) is 8.05. The molecule has 2 aliphatic rings. The van der Waals surface area contributed by atoms with Gasteiger partial charge >= 0.3 is 0 Å². The van der Waals surface area contributed by atoms with E-state index in [1.807, 2.05) is 6.92 Å². The van der Waals surface area contributed by atoms with Crippen LogP contribution in [0.2, 0.25) is 0 Å². The van der Waals surface area contributed by atoms with Gasteiger partial charge in [-0.3, -0.25) is 0 Å². The van der Waals surface area contributed by atoms with E-state index >= 15 is 0 Å². The van der Waals surface area contributed by atoms with Crippen LogP contribution in [0.5, 0.6) is 0 Å². The highest BCUT2D eigenvalue weighted by Gasteiger charge is 2.42. The van der Waals surface area contributed by atoms with Crippen LogP contribution in [0.15, 0.2) is 24.7 Å². The second-order valence-electron chi connectivity index (χ2n) is 6.46. The molecule has 0 bridgehead atoms. The molecule has 0 aromatic carbocycles. The van der Waals surface area contributed by atoms with Crippen molar-refractivity contribution in [3.8, 4) is 0 Å². The number of aromatic nitrogens is 3. The Hall–Kier alpha value is -2.24. The van der Waals surface area contributed by atoms with Gasteiger partial charge in [0.1, 0.15) is 23.8 Å². The van der Waals surface area contributed by atoms with Gasteiger partial charge in [0.05, 0.1) is 12.2 Å². The smallest absolute Gasteiger partial charge is 0.141 e. The van der Waals surface area contributed by atoms with Crippen LogP contribution in [-0.2, 0) is 0 Å². The normalized spacial score (nSPS) is 23.4. The quantitative estimate of drug-likeness (QED) is 0.851. The standard InChI is InChI=1S/C17H20FN5/c1-11-12(2)20-10-21-17(11)23-6-5-13-8-22(9-15(13)23)16-4-3-14(18)7-19-16/h3-4,7,10,13,15H,5-6,8-9H2,1-2H3. The van der Waals surface area contributed by atoms with Crippen molar-refractivity contribution in [1.82, 2.24) is 15.0 Å². The second kappa shape index (κ2) is 5.44. The van der Waals surface area contributed by atoms with Gasteiger partial charge < -0.3 is 9.80 Å². The van der Waals surface area contributed by atoms with Crippen LogP contribution in [0.4, 0.5) is 16.0 Å². The number of fused-ring (bicyclic) bond motifs is 1. The van der Waals surface area contributed by atoms with Crippen LogP contribution >= 0.6 is 0 Å². The lowest BCUT2D eigenvalue weighted by Gasteiger charge is -2.27. The predicted octanol–water partition coefficient (Wildman–Crippen LogP) is 2.34. The van der Waals surface area contributed by atoms with Crippen molar-refractivity contribution in [2.24, 2.45) is 5.92 Å². The molecule has 5 nitrogen and oxygen atoms in total. The average Bonchev–Trinajstić information content (AvgIpc) is 3.11. The zero-order chi connectivity index (χ0) is 16.0. The third-order valence-corrected chi connectivity index (χ3v) is 5.16. The largest absolute Gasteiger partial charge is 0.354 e. The lowest BCUT2D eigenvalue weighted by Crippen LogP contribution is -2.36. The highest BCUT2D eigenvalue weighted by atomic mass is 19.1. The third-order valence-electron chi connectivity index (χ3n) is 5.16. The molecule has 2 fully saturated rings. The Balaban J connectivity index is 1.58. The summed E-state index contributed by atoms with van der Waals surface area (Å²) in [5, 5.41) is 0. The highest BCUT2D eigenvalue weighted by molar-refractivity contribution is 5.52. The van der Waals surface area contributed by atoms with Gasteiger partial charge in [-0.1, -0.05) is 0 Å². The van der Waals surface area contributed by atoms with Gasteiger partial charge in [0, 0.05) is 36.8 Å². The number of pyridine rings is 1. The van der Waals surface area contributed by atoms with Crippen molar-refractivity contribution >= 4 is 11.6 Å². The Labute approximate surface area is 135 Å². The third kappa shape index (κ3) is 2.42. The Bertz CT molecular complexity index is 717. The molecule has 4 heterocycles. The number of aryl methyl sites for hydroxylation is 1. The molecule has 2 aromatic heterocycles. The molecule has 0 N–H and O–H groups in total. The van der Waals surface area contributed by atoms with Crippen molar-refractivity contribution in [2.75, 3.05) is 29.4 Å². The summed E-state index contributed by atoms with van der Waals surface area (Å²) in [6.07, 6.45) is 4.10. The Morgan fingerprint density at radius 3 is 2.78 bits per heavy atom. The van der Waals surface area contributed by atoms with Gasteiger partial charge in [-0.25, -0.2) is 19.3 Å². The van der Waals surface area contributed by atoms with E-state index in [0.717, 1.165) is 48.9 Å². The van der Waals surface area contributed by atoms with E-state index in [-0.39, 0.29) is 5.82 Å². The zero-order valence-electron chi connectivity index (χ0n) is 13.4. The molecule has 2 aliphatic heterocycles. The molecule has 0 radical (unpaired) electrons. The monoisotopic (exact) mass is 313 g/mol. The predicted molar refractivity (Wildman–Crippen MR) is 87.2 cm³/mol. The van der Waals surface area contributed by atoms with Gasteiger partial charge in [-0.2, -0.15) is 0 Å². The van der Waals surface area contributed by atoms with Crippen LogP contribution in [0.25, 0.3) is 0 Å². The molecule has 23 heavy (non-hydrogen) atoms. The summed E-state index contributed by atoms with van der Waals surface area (Å²) in [6, 6.07) is 3.68. The molecule has 4 rings (SSSR count). The van der Waals surface area contributed by atoms with Crippen LogP contribution < -0.4 is 9.80 Å². The minimum Gasteiger partial charge on any atom is -0.354 e. The fourth-order valence-electron chi connectivity index (χ4n) is 3.78. The number of anilines is 2. The van der Waals surface area contributed by atoms with Gasteiger partial charge in [0.2, 0.25) is 0 Å². The van der Waals surface area contributed by atoms with E-state index in [2.05, 4.69) is 31.7 Å². The fourth-order valence-corrected chi connectivity index (χ4v) is 3.78. The molecule has 2 aromatic rings. The fraction of sp³-hybridized carbons (Fsp3) is 0.471. The molecule has 6 heteroatoms. The molecule has 0 spiro atoms. The Morgan fingerprint density at radius 2 is 2.00 bits per heavy atom. The lowest BCUT2D eigenvalue weighted by atomic mass is 10.1. The van der Waals surface area contributed by atoms with Crippen LogP contribution in [0, 0.1) is 25.6 Å². The van der Waals surface area contributed by atoms with Crippen LogP contribution in [0.1, 0.15) is 17.7 Å². The first-order chi connectivity index (χ1) is 11.1. The van der Waals surface area contributed by atoms with E-state index in [1.54, 1.807) is 12.4 Å². The molecule has 0 aliphatic carbocycles. The topological polar surface area (TPSA) is 45.2 Å². The number of nitrogens with zero attached hydrogens (tertiary/aromatic N) is 5. The SMILES string of the molecule is Cc1ncnc(N2CCC3CN(c4ccc(F)cn4)CC32)c1C. The lowest BCUT2D eigenvalue weighted by molar-refractivity contribution is 0.579. The van der Waals surface area contributed by atoms with Crippen molar-refractivity contribution in [1.29, 1.82) is 0 Å². The summed E-state index contributed by atoms with van der Waals surface area (Å²) >= 11 is 0. The molecule has 0 saturated carbocycles. The van der Waals surface area contributed by atoms with E-state index in [4.69, 9.17) is 0 Å². The number of halogens is 1. The van der Waals surface area contributed by atoms with Crippen molar-refractivity contribution < 1.29 is 4.39 Å². The summed E-state index contributed by atoms with van der Waals surface area (Å²) in [6.45, 7) is 7.04. The maximum absolute atomic E-state index is 13.1. The Morgan fingerprint density at radius 1 is 1.13 bits per heavy atom. The molecule has 0 amide bonds. The first-order valence-electron chi connectivity index (χ1n) is 8.05. The summed E-state index contributed by atoms with van der Waals surface area (Å²) in [5.41, 5.74) is 2.19. The summed E-state index contributed by atoms with van der Waals surface area (Å²) in [7, 11) is 0. The summed E-state index contributed by atoms with van der Waals surface area (Å²) in [5.74, 6) is 2.23. The van der Waals surface area contributed by atoms with Crippen molar-refractivity contribution in [3.63, 3.8) is 0 Å². The zero-order valence-corrected chi connectivity index (χ0v) is 13.4. The first kappa shape index (κ1) is 14.4. The van der Waals surface area contributed by atoms with Gasteiger partial charge in [-0.05, 0) is 32.4 Å². The van der Waals surface area contributed by atoms with E-state index in [9.17, 15) is 4.39 Å². The van der Waals surface area contributed by atoms with E-state index in [0.29, 0.717) is 12.0 Å². The minimum absolute atomic E-state index is 0.290.